The number of ether oxygens (including phenoxy) is 1. The monoisotopic (exact) mass is 641 g/mol. The highest BCUT2D eigenvalue weighted by Gasteiger charge is 2.19. The Morgan fingerprint density at radius 2 is 1.04 bits per heavy atom. The molecule has 0 saturated carbocycles. The molecular weight excluding hydrogens is 572 g/mol. The first-order valence-electron chi connectivity index (χ1n) is 18.4. The predicted octanol–water partition coefficient (Wildman–Crippen LogP) is 7.76. The third-order valence-electron chi connectivity index (χ3n) is 8.34. The molecule has 0 fully saturated rings. The van der Waals surface area contributed by atoms with Crippen LogP contribution in [0.1, 0.15) is 181 Å². The summed E-state index contributed by atoms with van der Waals surface area (Å²) in [6.45, 7) is 3.30. The lowest BCUT2D eigenvalue weighted by molar-refractivity contribution is -0.150. The number of amides is 2. The molecule has 9 nitrogen and oxygen atoms in total. The minimum absolute atomic E-state index is 0.0794. The molecule has 0 bridgehead atoms. The second-order valence-corrected chi connectivity index (χ2v) is 12.7. The average molecular weight is 641 g/mol. The highest BCUT2D eigenvalue weighted by atomic mass is 16.5. The first-order chi connectivity index (χ1) is 21.8. The van der Waals surface area contributed by atoms with Crippen LogP contribution in [0.25, 0.3) is 0 Å². The van der Waals surface area contributed by atoms with Gasteiger partial charge in [-0.05, 0) is 32.1 Å². The van der Waals surface area contributed by atoms with Gasteiger partial charge in [0.1, 0.15) is 12.1 Å². The number of hydrogen-bond donors (Lipinski definition) is 4. The molecule has 0 aliphatic carbocycles. The van der Waals surface area contributed by atoms with Crippen molar-refractivity contribution in [2.75, 3.05) is 13.2 Å². The zero-order valence-electron chi connectivity index (χ0n) is 28.9. The number of aliphatic hydroxyl groups excluding tert-OH is 1. The molecule has 2 atom stereocenters. The molecule has 0 radical (unpaired) electrons. The number of carbonyl (C=O) groups is 4. The molecule has 9 heteroatoms. The number of carboxylic acids is 1. The normalized spacial score (nSPS) is 12.4. The Balaban J connectivity index is 3.70. The van der Waals surface area contributed by atoms with Crippen molar-refractivity contribution in [3.63, 3.8) is 0 Å². The summed E-state index contributed by atoms with van der Waals surface area (Å²) in [6.07, 6.45) is 29.3. The third kappa shape index (κ3) is 29.0. The van der Waals surface area contributed by atoms with E-state index in [9.17, 15) is 19.2 Å². The zero-order valence-corrected chi connectivity index (χ0v) is 28.9. The maximum atomic E-state index is 12.4. The largest absolute Gasteiger partial charge is 0.480 e. The second-order valence-electron chi connectivity index (χ2n) is 12.7. The van der Waals surface area contributed by atoms with Crippen molar-refractivity contribution in [3.05, 3.63) is 0 Å². The second kappa shape index (κ2) is 31.8. The Morgan fingerprint density at radius 3 is 1.51 bits per heavy atom. The molecule has 0 saturated heterocycles. The molecule has 0 rings (SSSR count). The summed E-state index contributed by atoms with van der Waals surface area (Å²) in [7, 11) is 0. The lowest BCUT2D eigenvalue weighted by Crippen LogP contribution is -2.47. The molecule has 45 heavy (non-hydrogen) atoms. The minimum atomic E-state index is -1.39. The number of carboxylic acid groups (broad SMARTS) is 1. The van der Waals surface area contributed by atoms with Crippen molar-refractivity contribution in [1.82, 2.24) is 10.6 Å². The fourth-order valence-electron chi connectivity index (χ4n) is 5.53. The van der Waals surface area contributed by atoms with Crippen LogP contribution >= 0.6 is 0 Å². The summed E-state index contributed by atoms with van der Waals surface area (Å²) in [5.74, 6) is -2.40. The van der Waals surface area contributed by atoms with Gasteiger partial charge < -0.3 is 25.6 Å². The summed E-state index contributed by atoms with van der Waals surface area (Å²) in [5, 5.41) is 22.4. The van der Waals surface area contributed by atoms with Crippen LogP contribution in [0.5, 0.6) is 0 Å². The van der Waals surface area contributed by atoms with Crippen molar-refractivity contribution in [2.24, 2.45) is 0 Å². The Kier molecular flexibility index (Phi) is 30.3. The topological polar surface area (TPSA) is 142 Å². The van der Waals surface area contributed by atoms with Gasteiger partial charge in [0, 0.05) is 12.8 Å². The van der Waals surface area contributed by atoms with E-state index in [1.165, 1.54) is 103 Å². The SMILES string of the molecule is CCCCCCCCCCCCCCCCCCCCC(=O)OC(CCC)CCCCCC(=O)NCC(=O)NC(CO)C(=O)O. The number of rotatable bonds is 33. The summed E-state index contributed by atoms with van der Waals surface area (Å²) in [5.41, 5.74) is 0. The van der Waals surface area contributed by atoms with Crippen LogP contribution in [-0.4, -0.2) is 59.3 Å². The van der Waals surface area contributed by atoms with Gasteiger partial charge in [-0.1, -0.05) is 136 Å². The van der Waals surface area contributed by atoms with Crippen molar-refractivity contribution in [3.8, 4) is 0 Å². The first kappa shape index (κ1) is 42.8. The van der Waals surface area contributed by atoms with Gasteiger partial charge in [0.2, 0.25) is 11.8 Å². The van der Waals surface area contributed by atoms with E-state index in [4.69, 9.17) is 14.9 Å². The van der Waals surface area contributed by atoms with Crippen LogP contribution in [0.4, 0.5) is 0 Å². The van der Waals surface area contributed by atoms with Crippen LogP contribution in [0, 0.1) is 0 Å². The first-order valence-corrected chi connectivity index (χ1v) is 18.4. The van der Waals surface area contributed by atoms with E-state index in [2.05, 4.69) is 24.5 Å². The van der Waals surface area contributed by atoms with Crippen molar-refractivity contribution in [1.29, 1.82) is 0 Å². The lowest BCUT2D eigenvalue weighted by atomic mass is 10.0. The van der Waals surface area contributed by atoms with Gasteiger partial charge >= 0.3 is 11.9 Å². The van der Waals surface area contributed by atoms with Gasteiger partial charge in [0.15, 0.2) is 0 Å². The molecule has 0 aromatic carbocycles. The van der Waals surface area contributed by atoms with E-state index in [0.29, 0.717) is 12.8 Å². The number of hydrogen-bond acceptors (Lipinski definition) is 6. The van der Waals surface area contributed by atoms with Crippen molar-refractivity contribution in [2.45, 2.75) is 193 Å². The minimum Gasteiger partial charge on any atom is -0.480 e. The van der Waals surface area contributed by atoms with E-state index in [-0.39, 0.29) is 30.9 Å². The van der Waals surface area contributed by atoms with E-state index in [0.717, 1.165) is 44.9 Å². The van der Waals surface area contributed by atoms with Crippen LogP contribution < -0.4 is 10.6 Å². The summed E-state index contributed by atoms with van der Waals surface area (Å²) in [6, 6.07) is -1.39. The average Bonchev–Trinajstić information content (AvgIpc) is 3.01. The number of esters is 1. The van der Waals surface area contributed by atoms with Gasteiger partial charge in [-0.25, -0.2) is 4.79 Å². The number of aliphatic hydroxyl groups is 1. The summed E-state index contributed by atoms with van der Waals surface area (Å²) >= 11 is 0. The number of aliphatic carboxylic acids is 1. The molecule has 0 aromatic rings. The maximum absolute atomic E-state index is 12.4. The van der Waals surface area contributed by atoms with Crippen LogP contribution in [0.15, 0.2) is 0 Å². The Bertz CT molecular complexity index is 747. The highest BCUT2D eigenvalue weighted by molar-refractivity contribution is 5.87. The predicted molar refractivity (Wildman–Crippen MR) is 181 cm³/mol. The van der Waals surface area contributed by atoms with Crippen molar-refractivity contribution >= 4 is 23.8 Å². The van der Waals surface area contributed by atoms with Gasteiger partial charge in [0.05, 0.1) is 13.2 Å². The standard InChI is InChI=1S/C36H68N2O7/c1-3-5-6-7-8-9-10-11-12-13-14-15-16-17-18-19-20-24-28-35(42)45-31(25-4-2)26-22-21-23-27-33(40)37-29-34(41)38-32(30-39)36(43)44/h31-32,39H,3-30H2,1-2H3,(H,37,40)(H,38,41)(H,43,44). The zero-order chi connectivity index (χ0) is 33.4. The smallest absolute Gasteiger partial charge is 0.328 e. The van der Waals surface area contributed by atoms with Gasteiger partial charge in [-0.3, -0.25) is 14.4 Å². The summed E-state index contributed by atoms with van der Waals surface area (Å²) < 4.78 is 5.75. The molecule has 0 aromatic heterocycles. The fraction of sp³-hybridized carbons (Fsp3) is 0.889. The molecule has 0 heterocycles. The maximum Gasteiger partial charge on any atom is 0.328 e. The molecule has 2 unspecified atom stereocenters. The lowest BCUT2D eigenvalue weighted by Gasteiger charge is -2.17. The quantitative estimate of drug-likeness (QED) is 0.0424. The van der Waals surface area contributed by atoms with Gasteiger partial charge in [0.25, 0.3) is 0 Å². The molecule has 0 aliphatic rings. The van der Waals surface area contributed by atoms with Crippen LogP contribution in [0.3, 0.4) is 0 Å². The van der Waals surface area contributed by atoms with E-state index in [1.807, 2.05) is 0 Å². The van der Waals surface area contributed by atoms with E-state index in [1.54, 1.807) is 0 Å². The molecular formula is C36H68N2O7. The molecule has 0 spiro atoms. The van der Waals surface area contributed by atoms with E-state index >= 15 is 0 Å². The number of carbonyl (C=O) groups excluding carboxylic acids is 3. The number of nitrogens with one attached hydrogen (secondary N) is 2. The van der Waals surface area contributed by atoms with Crippen molar-refractivity contribution < 1.29 is 34.1 Å². The Hall–Kier alpha value is -2.16. The van der Waals surface area contributed by atoms with Crippen LogP contribution in [-0.2, 0) is 23.9 Å². The molecule has 264 valence electrons. The Labute approximate surface area is 274 Å². The summed E-state index contributed by atoms with van der Waals surface area (Å²) in [4.78, 5) is 46.9. The highest BCUT2D eigenvalue weighted by Crippen LogP contribution is 2.17. The van der Waals surface area contributed by atoms with Gasteiger partial charge in [-0.15, -0.1) is 0 Å². The Morgan fingerprint density at radius 1 is 0.578 bits per heavy atom. The number of unbranched alkanes of at least 4 members (excludes halogenated alkanes) is 19. The molecule has 2 amide bonds. The van der Waals surface area contributed by atoms with Crippen LogP contribution in [0.2, 0.25) is 0 Å². The fourth-order valence-corrected chi connectivity index (χ4v) is 5.53. The third-order valence-corrected chi connectivity index (χ3v) is 8.34. The van der Waals surface area contributed by atoms with E-state index < -0.39 is 24.5 Å². The molecule has 0 aliphatic heterocycles. The molecule has 4 N–H and O–H groups in total. The van der Waals surface area contributed by atoms with Gasteiger partial charge in [-0.2, -0.15) is 0 Å².